The summed E-state index contributed by atoms with van der Waals surface area (Å²) in [7, 11) is 1.38. The zero-order valence-electron chi connectivity index (χ0n) is 18.7. The summed E-state index contributed by atoms with van der Waals surface area (Å²) in [4.78, 5) is 32.9. The van der Waals surface area contributed by atoms with Crippen LogP contribution < -0.4 is 10.2 Å². The SMILES string of the molecule is COC(=O)[C@@H]1CCCN1C(=O)Cc1ccc(N2CCC(NCc3cccnc3)CC2)cc1. The van der Waals surface area contributed by atoms with Gasteiger partial charge < -0.3 is 19.9 Å². The summed E-state index contributed by atoms with van der Waals surface area (Å²) in [6.07, 6.45) is 7.76. The predicted molar refractivity (Wildman–Crippen MR) is 123 cm³/mol. The van der Waals surface area contributed by atoms with Crippen molar-refractivity contribution in [1.29, 1.82) is 0 Å². The highest BCUT2D eigenvalue weighted by molar-refractivity contribution is 5.86. The van der Waals surface area contributed by atoms with Crippen molar-refractivity contribution in [3.63, 3.8) is 0 Å². The van der Waals surface area contributed by atoms with Gasteiger partial charge in [0.05, 0.1) is 13.5 Å². The Labute approximate surface area is 189 Å². The molecule has 1 aromatic carbocycles. The maximum atomic E-state index is 12.7. The number of carbonyl (C=O) groups excluding carboxylic acids is 2. The van der Waals surface area contributed by atoms with Crippen LogP contribution in [0.15, 0.2) is 48.8 Å². The van der Waals surface area contributed by atoms with E-state index in [1.165, 1.54) is 18.4 Å². The summed E-state index contributed by atoms with van der Waals surface area (Å²) in [5, 5.41) is 3.64. The third-order valence-corrected chi connectivity index (χ3v) is 6.52. The molecule has 2 saturated heterocycles. The number of anilines is 1. The molecule has 2 aromatic rings. The summed E-state index contributed by atoms with van der Waals surface area (Å²) < 4.78 is 4.85. The van der Waals surface area contributed by atoms with E-state index in [1.54, 1.807) is 11.1 Å². The minimum atomic E-state index is -0.431. The maximum Gasteiger partial charge on any atom is 0.328 e. The van der Waals surface area contributed by atoms with E-state index in [9.17, 15) is 9.59 Å². The van der Waals surface area contributed by atoms with Gasteiger partial charge in [0, 0.05) is 50.3 Å². The Hall–Kier alpha value is -2.93. The number of nitrogens with zero attached hydrogens (tertiary/aromatic N) is 3. The number of hydrogen-bond acceptors (Lipinski definition) is 6. The molecule has 0 bridgehead atoms. The first-order valence-electron chi connectivity index (χ1n) is 11.5. The molecule has 3 heterocycles. The summed E-state index contributed by atoms with van der Waals surface area (Å²) in [6.45, 7) is 3.50. The minimum Gasteiger partial charge on any atom is -0.467 e. The van der Waals surface area contributed by atoms with Gasteiger partial charge in [-0.15, -0.1) is 0 Å². The van der Waals surface area contributed by atoms with Crippen molar-refractivity contribution in [3.05, 3.63) is 59.9 Å². The molecule has 7 heteroatoms. The van der Waals surface area contributed by atoms with Crippen LogP contribution in [0.1, 0.15) is 36.8 Å². The number of carbonyl (C=O) groups is 2. The van der Waals surface area contributed by atoms with Gasteiger partial charge in [0.2, 0.25) is 5.91 Å². The molecule has 2 fully saturated rings. The average molecular weight is 437 g/mol. The second kappa shape index (κ2) is 10.6. The topological polar surface area (TPSA) is 74.8 Å². The van der Waals surface area contributed by atoms with Gasteiger partial charge in [0.15, 0.2) is 0 Å². The van der Waals surface area contributed by atoms with Crippen LogP contribution in [0.4, 0.5) is 5.69 Å². The van der Waals surface area contributed by atoms with E-state index in [4.69, 9.17) is 4.74 Å². The van der Waals surface area contributed by atoms with Crippen LogP contribution in [0.5, 0.6) is 0 Å². The second-order valence-corrected chi connectivity index (χ2v) is 8.62. The first-order valence-corrected chi connectivity index (χ1v) is 11.5. The molecule has 7 nitrogen and oxygen atoms in total. The third kappa shape index (κ3) is 5.46. The van der Waals surface area contributed by atoms with Crippen molar-refractivity contribution in [2.75, 3.05) is 31.6 Å². The van der Waals surface area contributed by atoms with Gasteiger partial charge in [0.1, 0.15) is 6.04 Å². The number of amides is 1. The van der Waals surface area contributed by atoms with Crippen molar-refractivity contribution in [3.8, 4) is 0 Å². The van der Waals surface area contributed by atoms with Gasteiger partial charge in [-0.25, -0.2) is 4.79 Å². The zero-order valence-corrected chi connectivity index (χ0v) is 18.7. The lowest BCUT2D eigenvalue weighted by molar-refractivity contribution is -0.150. The lowest BCUT2D eigenvalue weighted by Crippen LogP contribution is -2.42. The number of benzene rings is 1. The second-order valence-electron chi connectivity index (χ2n) is 8.62. The number of nitrogens with one attached hydrogen (secondary N) is 1. The van der Waals surface area contributed by atoms with E-state index >= 15 is 0 Å². The number of pyridine rings is 1. The Kier molecular flexibility index (Phi) is 7.37. The Morgan fingerprint density at radius 2 is 1.84 bits per heavy atom. The van der Waals surface area contributed by atoms with E-state index in [-0.39, 0.29) is 11.9 Å². The number of piperidine rings is 1. The van der Waals surface area contributed by atoms with E-state index in [0.29, 0.717) is 25.4 Å². The van der Waals surface area contributed by atoms with Crippen molar-refractivity contribution in [2.24, 2.45) is 0 Å². The van der Waals surface area contributed by atoms with Gasteiger partial charge in [-0.1, -0.05) is 18.2 Å². The van der Waals surface area contributed by atoms with Crippen LogP contribution in [0.3, 0.4) is 0 Å². The molecule has 1 N–H and O–H groups in total. The number of rotatable bonds is 7. The first kappa shape index (κ1) is 22.3. The van der Waals surface area contributed by atoms with Crippen LogP contribution >= 0.6 is 0 Å². The molecule has 0 radical (unpaired) electrons. The van der Waals surface area contributed by atoms with Crippen LogP contribution in [-0.2, 0) is 27.3 Å². The van der Waals surface area contributed by atoms with Crippen molar-refractivity contribution >= 4 is 17.6 Å². The maximum absolute atomic E-state index is 12.7. The smallest absolute Gasteiger partial charge is 0.328 e. The molecule has 0 saturated carbocycles. The summed E-state index contributed by atoms with van der Waals surface area (Å²) in [5.74, 6) is -0.323. The van der Waals surface area contributed by atoms with Gasteiger partial charge in [-0.3, -0.25) is 9.78 Å². The molecule has 2 aliphatic rings. The monoisotopic (exact) mass is 436 g/mol. The van der Waals surface area contributed by atoms with E-state index in [1.807, 2.05) is 24.4 Å². The van der Waals surface area contributed by atoms with E-state index < -0.39 is 6.04 Å². The molecule has 4 rings (SSSR count). The Balaban J connectivity index is 1.25. The van der Waals surface area contributed by atoms with Crippen molar-refractivity contribution in [1.82, 2.24) is 15.2 Å². The number of esters is 1. The van der Waals surface area contributed by atoms with Crippen molar-refractivity contribution < 1.29 is 14.3 Å². The summed E-state index contributed by atoms with van der Waals surface area (Å²) >= 11 is 0. The van der Waals surface area contributed by atoms with Crippen LogP contribution in [-0.4, -0.2) is 60.6 Å². The first-order chi connectivity index (χ1) is 15.6. The largest absolute Gasteiger partial charge is 0.467 e. The number of ether oxygens (including phenoxy) is 1. The number of hydrogen-bond donors (Lipinski definition) is 1. The zero-order chi connectivity index (χ0) is 22.3. The summed E-state index contributed by atoms with van der Waals surface area (Å²) in [6, 6.07) is 12.4. The molecule has 32 heavy (non-hydrogen) atoms. The molecule has 2 aliphatic heterocycles. The summed E-state index contributed by atoms with van der Waals surface area (Å²) in [5.41, 5.74) is 3.38. The molecule has 1 amide bonds. The van der Waals surface area contributed by atoms with Crippen molar-refractivity contribution in [2.45, 2.75) is 50.7 Å². The quantitative estimate of drug-likeness (QED) is 0.673. The Bertz CT molecular complexity index is 895. The average Bonchev–Trinajstić information content (AvgIpc) is 3.34. The lowest BCUT2D eigenvalue weighted by atomic mass is 10.0. The lowest BCUT2D eigenvalue weighted by Gasteiger charge is -2.34. The third-order valence-electron chi connectivity index (χ3n) is 6.52. The highest BCUT2D eigenvalue weighted by Crippen LogP contribution is 2.23. The Morgan fingerprint density at radius 3 is 2.53 bits per heavy atom. The molecule has 170 valence electrons. The van der Waals surface area contributed by atoms with Gasteiger partial charge in [0.25, 0.3) is 0 Å². The fourth-order valence-electron chi connectivity index (χ4n) is 4.65. The van der Waals surface area contributed by atoms with E-state index in [0.717, 1.165) is 44.5 Å². The van der Waals surface area contributed by atoms with Crippen LogP contribution in [0.2, 0.25) is 0 Å². The molecular weight excluding hydrogens is 404 g/mol. The van der Waals surface area contributed by atoms with E-state index in [2.05, 4.69) is 33.4 Å². The molecule has 1 atom stereocenters. The van der Waals surface area contributed by atoms with Gasteiger partial charge in [-0.05, 0) is 55.0 Å². The van der Waals surface area contributed by atoms with Crippen LogP contribution in [0, 0.1) is 0 Å². The molecule has 1 aromatic heterocycles. The number of likely N-dealkylation sites (tertiary alicyclic amines) is 1. The molecule has 0 aliphatic carbocycles. The predicted octanol–water partition coefficient (Wildman–Crippen LogP) is 2.55. The van der Waals surface area contributed by atoms with Gasteiger partial charge >= 0.3 is 5.97 Å². The molecular formula is C25H32N4O3. The van der Waals surface area contributed by atoms with Crippen LogP contribution in [0.25, 0.3) is 0 Å². The molecule has 0 spiro atoms. The number of aromatic nitrogens is 1. The fourth-order valence-corrected chi connectivity index (χ4v) is 4.65. The standard InChI is InChI=1S/C25H32N4O3/c1-32-25(31)23-5-3-13-29(23)24(30)16-19-6-8-22(9-7-19)28-14-10-21(11-15-28)27-18-20-4-2-12-26-17-20/h2,4,6-9,12,17,21,23,27H,3,5,10-11,13-16,18H2,1H3/t23-/m0/s1. The minimum absolute atomic E-state index is 0.00819. The highest BCUT2D eigenvalue weighted by atomic mass is 16.5. The van der Waals surface area contributed by atoms with Gasteiger partial charge in [-0.2, -0.15) is 0 Å². The molecule has 0 unspecified atom stereocenters. The number of methoxy groups -OCH3 is 1. The Morgan fingerprint density at radius 1 is 1.06 bits per heavy atom. The highest BCUT2D eigenvalue weighted by Gasteiger charge is 2.34. The normalized spacial score (nSPS) is 19.2. The fraction of sp³-hybridized carbons (Fsp3) is 0.480.